The minimum Gasteiger partial charge on any atom is -0.449 e. The lowest BCUT2D eigenvalue weighted by molar-refractivity contribution is -0.148. The molecule has 0 aliphatic rings. The van der Waals surface area contributed by atoms with Gasteiger partial charge in [0.25, 0.3) is 5.91 Å². The number of nitrogens with zero attached hydrogens (tertiary/aromatic N) is 2. The zero-order valence-electron chi connectivity index (χ0n) is 15.2. The van der Waals surface area contributed by atoms with Gasteiger partial charge in [0.15, 0.2) is 6.10 Å². The maximum absolute atomic E-state index is 12.2. The lowest BCUT2D eigenvalue weighted by Gasteiger charge is -2.12. The first-order valence-corrected chi connectivity index (χ1v) is 8.04. The van der Waals surface area contributed by atoms with Crippen molar-refractivity contribution in [3.05, 3.63) is 52.9 Å². The Morgan fingerprint density at radius 1 is 1.28 bits per heavy atom. The molecule has 0 radical (unpaired) electrons. The van der Waals surface area contributed by atoms with Gasteiger partial charge in [-0.3, -0.25) is 9.48 Å². The van der Waals surface area contributed by atoms with Gasteiger partial charge in [-0.1, -0.05) is 29.8 Å². The summed E-state index contributed by atoms with van der Waals surface area (Å²) in [6.07, 6.45) is 2.07. The molecule has 0 aliphatic heterocycles. The Hall–Kier alpha value is -2.89. The van der Waals surface area contributed by atoms with E-state index in [4.69, 9.17) is 4.74 Å². The van der Waals surface area contributed by atoms with E-state index in [-0.39, 0.29) is 0 Å². The number of esters is 1. The zero-order chi connectivity index (χ0) is 18.6. The summed E-state index contributed by atoms with van der Waals surface area (Å²) >= 11 is 0. The summed E-state index contributed by atoms with van der Waals surface area (Å²) in [4.78, 5) is 24.1. The fraction of sp³-hybridized carbons (Fsp3) is 0.316. The van der Waals surface area contributed by atoms with Crippen LogP contribution in [-0.4, -0.2) is 27.8 Å². The van der Waals surface area contributed by atoms with Gasteiger partial charge < -0.3 is 10.1 Å². The monoisotopic (exact) mass is 341 g/mol. The highest BCUT2D eigenvalue weighted by Gasteiger charge is 2.20. The van der Waals surface area contributed by atoms with Crippen molar-refractivity contribution < 1.29 is 14.3 Å². The Morgan fingerprint density at radius 3 is 2.60 bits per heavy atom. The molecular weight excluding hydrogens is 318 g/mol. The molecule has 132 valence electrons. The number of aromatic nitrogens is 2. The summed E-state index contributed by atoms with van der Waals surface area (Å²) in [5.41, 5.74) is 4.20. The van der Waals surface area contributed by atoms with Gasteiger partial charge in [0, 0.05) is 13.1 Å². The van der Waals surface area contributed by atoms with E-state index >= 15 is 0 Å². The average Bonchev–Trinajstić information content (AvgIpc) is 2.79. The lowest BCUT2D eigenvalue weighted by atomic mass is 10.1. The maximum Gasteiger partial charge on any atom is 0.331 e. The molecule has 0 bridgehead atoms. The number of hydrogen-bond acceptors (Lipinski definition) is 4. The van der Waals surface area contributed by atoms with Gasteiger partial charge >= 0.3 is 5.97 Å². The predicted molar refractivity (Wildman–Crippen MR) is 97.1 cm³/mol. The number of ether oxygens (including phenoxy) is 1. The third-order valence-electron chi connectivity index (χ3n) is 3.87. The van der Waals surface area contributed by atoms with Gasteiger partial charge in [-0.2, -0.15) is 5.10 Å². The van der Waals surface area contributed by atoms with Gasteiger partial charge in [0.05, 0.1) is 17.1 Å². The van der Waals surface area contributed by atoms with E-state index in [0.29, 0.717) is 11.4 Å². The molecule has 25 heavy (non-hydrogen) atoms. The quantitative estimate of drug-likeness (QED) is 0.670. The number of aryl methyl sites for hydroxylation is 3. The largest absolute Gasteiger partial charge is 0.449 e. The Morgan fingerprint density at radius 2 is 2.00 bits per heavy atom. The first-order chi connectivity index (χ1) is 11.8. The van der Waals surface area contributed by atoms with Crippen molar-refractivity contribution in [3.63, 3.8) is 0 Å². The van der Waals surface area contributed by atoms with Crippen LogP contribution in [0.25, 0.3) is 6.08 Å². The van der Waals surface area contributed by atoms with E-state index in [1.807, 2.05) is 45.0 Å². The van der Waals surface area contributed by atoms with E-state index in [1.54, 1.807) is 17.8 Å². The molecule has 0 fully saturated rings. The highest BCUT2D eigenvalue weighted by molar-refractivity contribution is 5.97. The molecule has 2 aromatic rings. The summed E-state index contributed by atoms with van der Waals surface area (Å²) in [5, 5.41) is 7.00. The van der Waals surface area contributed by atoms with E-state index in [9.17, 15) is 9.59 Å². The molecule has 0 unspecified atom stereocenters. The summed E-state index contributed by atoms with van der Waals surface area (Å²) < 4.78 is 6.84. The van der Waals surface area contributed by atoms with Crippen molar-refractivity contribution in [2.24, 2.45) is 7.05 Å². The van der Waals surface area contributed by atoms with Gasteiger partial charge in [-0.05, 0) is 39.3 Å². The SMILES string of the molecule is Cc1cccc(/C=C/C(=O)O[C@@H](C)C(=O)Nc2c(C)nn(C)c2C)c1. The van der Waals surface area contributed by atoms with Crippen LogP contribution in [0.3, 0.4) is 0 Å². The number of benzene rings is 1. The molecule has 0 saturated heterocycles. The molecule has 1 N–H and O–H groups in total. The molecule has 1 heterocycles. The van der Waals surface area contributed by atoms with Crippen LogP contribution in [0.15, 0.2) is 30.3 Å². The van der Waals surface area contributed by atoms with Crippen molar-refractivity contribution in [1.29, 1.82) is 0 Å². The van der Waals surface area contributed by atoms with Crippen molar-refractivity contribution in [2.75, 3.05) is 5.32 Å². The smallest absolute Gasteiger partial charge is 0.331 e. The molecule has 0 aliphatic carbocycles. The first kappa shape index (κ1) is 18.4. The van der Waals surface area contributed by atoms with Crippen LogP contribution in [0.4, 0.5) is 5.69 Å². The summed E-state index contributed by atoms with van der Waals surface area (Å²) in [6.45, 7) is 7.18. The molecule has 0 saturated carbocycles. The van der Waals surface area contributed by atoms with E-state index in [2.05, 4.69) is 10.4 Å². The third kappa shape index (κ3) is 4.79. The van der Waals surface area contributed by atoms with Crippen LogP contribution in [0, 0.1) is 20.8 Å². The van der Waals surface area contributed by atoms with Crippen LogP contribution < -0.4 is 5.32 Å². The molecule has 2 rings (SSSR count). The minimum absolute atomic E-state index is 0.392. The zero-order valence-corrected chi connectivity index (χ0v) is 15.2. The standard InChI is InChI=1S/C19H23N3O3/c1-12-7-6-8-16(11-12)9-10-17(23)25-15(4)19(24)20-18-13(2)21-22(5)14(18)3/h6-11,15H,1-5H3,(H,20,24)/b10-9+/t15-/m0/s1. The number of carbonyl (C=O) groups excluding carboxylic acids is 2. The molecule has 1 amide bonds. The van der Waals surface area contributed by atoms with E-state index in [1.165, 1.54) is 13.0 Å². The summed E-state index contributed by atoms with van der Waals surface area (Å²) in [7, 11) is 1.80. The van der Waals surface area contributed by atoms with Gasteiger partial charge in [-0.15, -0.1) is 0 Å². The maximum atomic E-state index is 12.2. The van der Waals surface area contributed by atoms with Crippen LogP contribution in [-0.2, 0) is 21.4 Å². The van der Waals surface area contributed by atoms with Crippen LogP contribution >= 0.6 is 0 Å². The van der Waals surface area contributed by atoms with Crippen molar-refractivity contribution in [2.45, 2.75) is 33.8 Å². The second kappa shape index (κ2) is 7.79. The number of carbonyl (C=O) groups is 2. The Labute approximate surface area is 147 Å². The fourth-order valence-corrected chi connectivity index (χ4v) is 2.38. The van der Waals surface area contributed by atoms with Gasteiger partial charge in [0.1, 0.15) is 0 Å². The molecule has 1 aromatic heterocycles. The fourth-order valence-electron chi connectivity index (χ4n) is 2.38. The number of hydrogen-bond donors (Lipinski definition) is 1. The molecule has 6 heteroatoms. The summed E-state index contributed by atoms with van der Waals surface area (Å²) in [6, 6.07) is 7.73. The number of nitrogens with one attached hydrogen (secondary N) is 1. The molecule has 1 aromatic carbocycles. The van der Waals surface area contributed by atoms with Crippen molar-refractivity contribution in [3.8, 4) is 0 Å². The number of anilines is 1. The Kier molecular flexibility index (Phi) is 5.75. The minimum atomic E-state index is -0.909. The highest BCUT2D eigenvalue weighted by Crippen LogP contribution is 2.18. The average molecular weight is 341 g/mol. The van der Waals surface area contributed by atoms with Crippen LogP contribution in [0.5, 0.6) is 0 Å². The molecule has 6 nitrogen and oxygen atoms in total. The van der Waals surface area contributed by atoms with E-state index in [0.717, 1.165) is 16.8 Å². The second-order valence-corrected chi connectivity index (χ2v) is 5.99. The molecule has 0 spiro atoms. The van der Waals surface area contributed by atoms with E-state index < -0.39 is 18.0 Å². The normalized spacial score (nSPS) is 12.2. The van der Waals surface area contributed by atoms with Crippen molar-refractivity contribution >= 4 is 23.6 Å². The third-order valence-corrected chi connectivity index (χ3v) is 3.87. The Balaban J connectivity index is 1.95. The number of amides is 1. The highest BCUT2D eigenvalue weighted by atomic mass is 16.5. The van der Waals surface area contributed by atoms with Gasteiger partial charge in [0.2, 0.25) is 0 Å². The van der Waals surface area contributed by atoms with Crippen molar-refractivity contribution in [1.82, 2.24) is 9.78 Å². The summed E-state index contributed by atoms with van der Waals surface area (Å²) in [5.74, 6) is -0.958. The predicted octanol–water partition coefficient (Wildman–Crippen LogP) is 2.93. The second-order valence-electron chi connectivity index (χ2n) is 5.99. The molecular formula is C19H23N3O3. The first-order valence-electron chi connectivity index (χ1n) is 8.04. The number of rotatable bonds is 5. The van der Waals surface area contributed by atoms with Crippen LogP contribution in [0.2, 0.25) is 0 Å². The lowest BCUT2D eigenvalue weighted by Crippen LogP contribution is -2.29. The molecule has 1 atom stereocenters. The topological polar surface area (TPSA) is 73.2 Å². The Bertz CT molecular complexity index is 821. The van der Waals surface area contributed by atoms with Gasteiger partial charge in [-0.25, -0.2) is 4.79 Å². The van der Waals surface area contributed by atoms with Crippen LogP contribution in [0.1, 0.15) is 29.4 Å².